The number of aryl methyl sites for hydroxylation is 1. The lowest BCUT2D eigenvalue weighted by molar-refractivity contribution is 0.151. The van der Waals surface area contributed by atoms with Crippen molar-refractivity contribution in [3.05, 3.63) is 47.0 Å². The van der Waals surface area contributed by atoms with Gasteiger partial charge in [-0.3, -0.25) is 5.43 Å². The third kappa shape index (κ3) is 5.15. The van der Waals surface area contributed by atoms with E-state index in [4.69, 9.17) is 10.4 Å². The van der Waals surface area contributed by atoms with Crippen LogP contribution in [0, 0.1) is 12.3 Å². The minimum atomic E-state index is 0.269. The average molecular weight is 366 g/mol. The number of anilines is 1. The highest BCUT2D eigenvalue weighted by Gasteiger charge is 2.12. The lowest BCUT2D eigenvalue weighted by Crippen LogP contribution is -2.41. The van der Waals surface area contributed by atoms with Gasteiger partial charge in [0.1, 0.15) is 5.82 Å². The van der Waals surface area contributed by atoms with E-state index >= 15 is 0 Å². The van der Waals surface area contributed by atoms with E-state index in [0.717, 1.165) is 47.8 Å². The molecule has 0 atom stereocenters. The van der Waals surface area contributed by atoms with E-state index in [9.17, 15) is 0 Å². The van der Waals surface area contributed by atoms with E-state index in [1.54, 1.807) is 0 Å². The second-order valence-electron chi connectivity index (χ2n) is 7.61. The zero-order valence-corrected chi connectivity index (χ0v) is 16.7. The van der Waals surface area contributed by atoms with Crippen LogP contribution in [0.25, 0.3) is 11.3 Å². The monoisotopic (exact) mass is 365 g/mol. The van der Waals surface area contributed by atoms with Crippen molar-refractivity contribution in [2.45, 2.75) is 52.6 Å². The first-order valence-electron chi connectivity index (χ1n) is 9.93. The molecule has 1 aliphatic heterocycles. The van der Waals surface area contributed by atoms with Crippen molar-refractivity contribution in [3.63, 3.8) is 0 Å². The van der Waals surface area contributed by atoms with Crippen LogP contribution in [0.4, 0.5) is 5.82 Å². The number of aromatic nitrogens is 1. The molecule has 1 saturated heterocycles. The van der Waals surface area contributed by atoms with Gasteiger partial charge in [0.2, 0.25) is 0 Å². The van der Waals surface area contributed by atoms with E-state index in [0.29, 0.717) is 0 Å². The lowest BCUT2D eigenvalue weighted by atomic mass is 10.0. The third-order valence-electron chi connectivity index (χ3n) is 4.92. The van der Waals surface area contributed by atoms with E-state index < -0.39 is 0 Å². The van der Waals surface area contributed by atoms with Crippen LogP contribution in [-0.4, -0.2) is 35.3 Å². The Labute approximate surface area is 162 Å². The molecule has 0 bridgehead atoms. The normalized spacial score (nSPS) is 15.1. The number of piperidine rings is 1. The molecule has 0 radical (unpaired) electrons. The molecule has 5 heteroatoms. The molecule has 1 aromatic carbocycles. The van der Waals surface area contributed by atoms with Crippen molar-refractivity contribution < 1.29 is 0 Å². The van der Waals surface area contributed by atoms with Crippen molar-refractivity contribution in [3.8, 4) is 11.3 Å². The van der Waals surface area contributed by atoms with Gasteiger partial charge in [0.25, 0.3) is 0 Å². The Kier molecular flexibility index (Phi) is 6.58. The molecule has 2 aromatic rings. The highest BCUT2D eigenvalue weighted by atomic mass is 15.5. The average Bonchev–Trinajstić information content (AvgIpc) is 2.67. The summed E-state index contributed by atoms with van der Waals surface area (Å²) in [5, 5.41) is 13.4. The maximum atomic E-state index is 7.71. The summed E-state index contributed by atoms with van der Waals surface area (Å²) in [4.78, 5) is 4.81. The van der Waals surface area contributed by atoms with Crippen LogP contribution in [0.2, 0.25) is 0 Å². The van der Waals surface area contributed by atoms with Crippen molar-refractivity contribution in [2.75, 3.05) is 18.4 Å². The standard InChI is InChI=1S/C22H31N5/c1-16(2)25-22-20(14-23)17(3)12-21(26-22)19-9-7-8-18(13-19)15-24-27-10-5-4-6-11-27/h7-9,12-14,16,23-24H,4-6,10-11,15H2,1-3H3,(H,25,26). The number of hydrazine groups is 1. The van der Waals surface area contributed by atoms with Gasteiger partial charge in [-0.15, -0.1) is 0 Å². The first-order valence-corrected chi connectivity index (χ1v) is 9.93. The van der Waals surface area contributed by atoms with Crippen molar-refractivity contribution in [1.82, 2.24) is 15.4 Å². The van der Waals surface area contributed by atoms with Gasteiger partial charge in [0.05, 0.1) is 5.69 Å². The summed E-state index contributed by atoms with van der Waals surface area (Å²) in [6.07, 6.45) is 5.29. The van der Waals surface area contributed by atoms with Crippen LogP contribution in [0.15, 0.2) is 30.3 Å². The van der Waals surface area contributed by atoms with E-state index in [1.807, 2.05) is 6.92 Å². The molecule has 3 rings (SSSR count). The van der Waals surface area contributed by atoms with Gasteiger partial charge in [-0.05, 0) is 56.9 Å². The Bertz CT molecular complexity index is 778. The first-order chi connectivity index (χ1) is 13.1. The Hall–Kier alpha value is -2.24. The van der Waals surface area contributed by atoms with Gasteiger partial charge >= 0.3 is 0 Å². The maximum Gasteiger partial charge on any atom is 0.135 e. The quantitative estimate of drug-likeness (QED) is 0.638. The molecular weight excluding hydrogens is 334 g/mol. The van der Waals surface area contributed by atoms with Gasteiger partial charge in [-0.2, -0.15) is 0 Å². The molecule has 3 N–H and O–H groups in total. The van der Waals surface area contributed by atoms with E-state index in [-0.39, 0.29) is 6.04 Å². The molecule has 0 unspecified atom stereocenters. The minimum absolute atomic E-state index is 0.269. The highest BCUT2D eigenvalue weighted by Crippen LogP contribution is 2.25. The van der Waals surface area contributed by atoms with Gasteiger partial charge in [0.15, 0.2) is 0 Å². The van der Waals surface area contributed by atoms with Gasteiger partial charge < -0.3 is 10.7 Å². The summed E-state index contributed by atoms with van der Waals surface area (Å²) in [5.74, 6) is 0.784. The molecule has 5 nitrogen and oxygen atoms in total. The fourth-order valence-corrected chi connectivity index (χ4v) is 3.49. The van der Waals surface area contributed by atoms with Crippen LogP contribution in [-0.2, 0) is 6.54 Å². The number of nitrogens with one attached hydrogen (secondary N) is 3. The fourth-order valence-electron chi connectivity index (χ4n) is 3.49. The smallest absolute Gasteiger partial charge is 0.135 e. The largest absolute Gasteiger partial charge is 0.367 e. The molecule has 1 aromatic heterocycles. The Morgan fingerprint density at radius 2 is 1.96 bits per heavy atom. The Morgan fingerprint density at radius 1 is 1.19 bits per heavy atom. The summed E-state index contributed by atoms with van der Waals surface area (Å²) in [5.41, 5.74) is 8.79. The SMILES string of the molecule is Cc1cc(-c2cccc(CNN3CCCCC3)c2)nc(NC(C)C)c1C=N. The first kappa shape index (κ1) is 19.5. The summed E-state index contributed by atoms with van der Waals surface area (Å²) in [6, 6.07) is 10.9. The highest BCUT2D eigenvalue weighted by molar-refractivity contribution is 5.87. The number of nitrogens with zero attached hydrogens (tertiary/aromatic N) is 2. The van der Waals surface area contributed by atoms with Crippen LogP contribution < -0.4 is 10.7 Å². The van der Waals surface area contributed by atoms with E-state index in [1.165, 1.54) is 31.0 Å². The topological polar surface area (TPSA) is 64.0 Å². The molecule has 144 valence electrons. The van der Waals surface area contributed by atoms with Gasteiger partial charge in [-0.1, -0.05) is 24.6 Å². The Balaban J connectivity index is 1.81. The number of rotatable bonds is 7. The fraction of sp³-hybridized carbons (Fsp3) is 0.455. The predicted octanol–water partition coefficient (Wildman–Crippen LogP) is 4.37. The van der Waals surface area contributed by atoms with Crippen LogP contribution >= 0.6 is 0 Å². The van der Waals surface area contributed by atoms with E-state index in [2.05, 4.69) is 59.9 Å². The maximum absolute atomic E-state index is 7.71. The van der Waals surface area contributed by atoms with Crippen LogP contribution in [0.3, 0.4) is 0 Å². The van der Waals surface area contributed by atoms with Gasteiger partial charge in [0, 0.05) is 43.0 Å². The molecule has 0 spiro atoms. The van der Waals surface area contributed by atoms with Crippen molar-refractivity contribution >= 4 is 12.0 Å². The molecule has 0 amide bonds. The number of hydrogen-bond acceptors (Lipinski definition) is 5. The second-order valence-corrected chi connectivity index (χ2v) is 7.61. The van der Waals surface area contributed by atoms with Crippen molar-refractivity contribution in [1.29, 1.82) is 5.41 Å². The second kappa shape index (κ2) is 9.11. The summed E-state index contributed by atoms with van der Waals surface area (Å²) < 4.78 is 0. The van der Waals surface area contributed by atoms with Crippen LogP contribution in [0.5, 0.6) is 0 Å². The summed E-state index contributed by atoms with van der Waals surface area (Å²) in [7, 11) is 0. The third-order valence-corrected chi connectivity index (χ3v) is 4.92. The summed E-state index contributed by atoms with van der Waals surface area (Å²) >= 11 is 0. The van der Waals surface area contributed by atoms with Crippen LogP contribution in [0.1, 0.15) is 49.8 Å². The molecule has 27 heavy (non-hydrogen) atoms. The molecule has 0 aliphatic carbocycles. The number of benzene rings is 1. The van der Waals surface area contributed by atoms with Gasteiger partial charge in [-0.25, -0.2) is 9.99 Å². The minimum Gasteiger partial charge on any atom is -0.367 e. The molecule has 1 aliphatic rings. The zero-order chi connectivity index (χ0) is 19.2. The number of hydrogen-bond donors (Lipinski definition) is 3. The molecule has 1 fully saturated rings. The Morgan fingerprint density at radius 3 is 2.67 bits per heavy atom. The summed E-state index contributed by atoms with van der Waals surface area (Å²) in [6.45, 7) is 9.32. The van der Waals surface area contributed by atoms with Crippen molar-refractivity contribution in [2.24, 2.45) is 0 Å². The predicted molar refractivity (Wildman–Crippen MR) is 113 cm³/mol. The lowest BCUT2D eigenvalue weighted by Gasteiger charge is -2.27. The number of pyridine rings is 1. The zero-order valence-electron chi connectivity index (χ0n) is 16.7. The molecule has 0 saturated carbocycles. The molecular formula is C22H31N5. The molecule has 2 heterocycles.